The van der Waals surface area contributed by atoms with Crippen LogP contribution in [0, 0.1) is 6.92 Å². The fourth-order valence-electron chi connectivity index (χ4n) is 1.51. The lowest BCUT2D eigenvalue weighted by molar-refractivity contribution is 0.241. The first-order valence-electron chi connectivity index (χ1n) is 6.98. The van der Waals surface area contributed by atoms with Crippen molar-refractivity contribution in [3.8, 4) is 0 Å². The zero-order chi connectivity index (χ0) is 15.9. The maximum absolute atomic E-state index is 11.8. The summed E-state index contributed by atoms with van der Waals surface area (Å²) in [6.45, 7) is 8.45. The predicted molar refractivity (Wildman–Crippen MR) is 81.5 cm³/mol. The molecule has 0 aliphatic rings. The highest BCUT2D eigenvalue weighted by molar-refractivity contribution is 7.86. The van der Waals surface area contributed by atoms with E-state index in [2.05, 4.69) is 20.8 Å². The van der Waals surface area contributed by atoms with Crippen molar-refractivity contribution >= 4 is 16.8 Å². The van der Waals surface area contributed by atoms with Crippen LogP contribution >= 0.6 is 0 Å². The number of aryl methyl sites for hydroxylation is 2. The monoisotopic (exact) mass is 316 g/mol. The van der Waals surface area contributed by atoms with Crippen LogP contribution in [0.5, 0.6) is 0 Å². The van der Waals surface area contributed by atoms with Crippen LogP contribution in [0.25, 0.3) is 0 Å². The van der Waals surface area contributed by atoms with Gasteiger partial charge in [0.05, 0.1) is 0 Å². The van der Waals surface area contributed by atoms with Gasteiger partial charge in [0, 0.05) is 40.8 Å². The van der Waals surface area contributed by atoms with Gasteiger partial charge in [-0.15, -0.1) is 0 Å². The summed E-state index contributed by atoms with van der Waals surface area (Å²) in [5.41, 5.74) is 0. The molecular formula is C13H24N4O3S. The molecule has 1 rings (SSSR count). The number of urea groups is 1. The van der Waals surface area contributed by atoms with E-state index in [1.54, 1.807) is 6.92 Å². The Labute approximate surface area is 127 Å². The molecule has 21 heavy (non-hydrogen) atoms. The molecule has 1 aromatic rings. The van der Waals surface area contributed by atoms with Crippen LogP contribution < -0.4 is 10.6 Å². The van der Waals surface area contributed by atoms with Crippen LogP contribution in [0.2, 0.25) is 0 Å². The highest BCUT2D eigenvalue weighted by Crippen LogP contribution is 2.10. The van der Waals surface area contributed by atoms with Crippen molar-refractivity contribution in [3.63, 3.8) is 0 Å². The van der Waals surface area contributed by atoms with E-state index < -0.39 is 10.8 Å². The molecule has 8 heteroatoms. The van der Waals surface area contributed by atoms with Crippen LogP contribution in [0.1, 0.15) is 38.9 Å². The molecule has 0 aliphatic heterocycles. The molecule has 0 aliphatic carbocycles. The zero-order valence-corrected chi connectivity index (χ0v) is 13.9. The van der Waals surface area contributed by atoms with Gasteiger partial charge in [-0.05, 0) is 34.1 Å². The quantitative estimate of drug-likeness (QED) is 0.736. The van der Waals surface area contributed by atoms with Crippen LogP contribution in [-0.4, -0.2) is 44.0 Å². The average molecular weight is 316 g/mol. The summed E-state index contributed by atoms with van der Waals surface area (Å²) in [5, 5.41) is 9.12. The summed E-state index contributed by atoms with van der Waals surface area (Å²) >= 11 is 0. The summed E-state index contributed by atoms with van der Waals surface area (Å²) in [5.74, 6) is 1.65. The summed E-state index contributed by atoms with van der Waals surface area (Å²) in [6.07, 6.45) is 1.36. The third-order valence-corrected chi connectivity index (χ3v) is 4.62. The Morgan fingerprint density at radius 3 is 2.52 bits per heavy atom. The summed E-state index contributed by atoms with van der Waals surface area (Å²) in [7, 11) is -0.954. The summed E-state index contributed by atoms with van der Waals surface area (Å²) < 4.78 is 16.5. The van der Waals surface area contributed by atoms with Crippen LogP contribution in [0.4, 0.5) is 4.79 Å². The summed E-state index contributed by atoms with van der Waals surface area (Å²) in [4.78, 5) is 15.6. The van der Waals surface area contributed by atoms with E-state index in [-0.39, 0.29) is 10.8 Å². The van der Waals surface area contributed by atoms with Crippen LogP contribution in [-0.2, 0) is 17.2 Å². The van der Waals surface area contributed by atoms with Gasteiger partial charge < -0.3 is 15.2 Å². The van der Waals surface area contributed by atoms with Gasteiger partial charge in [0.2, 0.25) is 5.89 Å². The number of hydrogen-bond acceptors (Lipinski definition) is 5. The number of carbonyl (C=O) groups excluding carboxylic acids is 1. The molecule has 0 saturated heterocycles. The Balaban J connectivity index is 2.08. The molecule has 120 valence electrons. The molecule has 1 heterocycles. The number of rotatable bonds is 7. The van der Waals surface area contributed by atoms with Crippen molar-refractivity contribution < 1.29 is 13.5 Å². The Morgan fingerprint density at radius 2 is 1.95 bits per heavy atom. The number of nitrogens with zero attached hydrogens (tertiary/aromatic N) is 2. The van der Waals surface area contributed by atoms with Crippen LogP contribution in [0.15, 0.2) is 4.52 Å². The predicted octanol–water partition coefficient (Wildman–Crippen LogP) is 1.16. The van der Waals surface area contributed by atoms with E-state index in [1.165, 1.54) is 0 Å². The van der Waals surface area contributed by atoms with Gasteiger partial charge in [0.1, 0.15) is 0 Å². The topological polar surface area (TPSA) is 97.1 Å². The van der Waals surface area contributed by atoms with E-state index in [0.29, 0.717) is 37.0 Å². The van der Waals surface area contributed by atoms with Crippen molar-refractivity contribution in [2.45, 2.75) is 45.3 Å². The van der Waals surface area contributed by atoms with E-state index in [4.69, 9.17) is 4.52 Å². The molecule has 0 bridgehead atoms. The number of nitrogens with one attached hydrogen (secondary N) is 2. The minimum absolute atomic E-state index is 0.248. The minimum Gasteiger partial charge on any atom is -0.339 e. The molecule has 0 radical (unpaired) electrons. The van der Waals surface area contributed by atoms with Crippen molar-refractivity contribution in [2.24, 2.45) is 0 Å². The van der Waals surface area contributed by atoms with Crippen molar-refractivity contribution in [2.75, 3.05) is 18.8 Å². The van der Waals surface area contributed by atoms with E-state index in [1.807, 2.05) is 20.8 Å². The van der Waals surface area contributed by atoms with Gasteiger partial charge in [-0.1, -0.05) is 5.16 Å². The second-order valence-corrected chi connectivity index (χ2v) is 8.01. The molecule has 0 fully saturated rings. The first-order valence-corrected chi connectivity index (χ1v) is 8.30. The molecule has 0 spiro atoms. The Bertz CT molecular complexity index is 482. The first kappa shape index (κ1) is 17.6. The smallest absolute Gasteiger partial charge is 0.314 e. The van der Waals surface area contributed by atoms with Gasteiger partial charge in [0.15, 0.2) is 5.82 Å². The fourth-order valence-corrected chi connectivity index (χ4v) is 2.41. The molecule has 1 aromatic heterocycles. The highest BCUT2D eigenvalue weighted by atomic mass is 32.2. The van der Waals surface area contributed by atoms with Crippen LogP contribution in [0.3, 0.4) is 0 Å². The lowest BCUT2D eigenvalue weighted by Gasteiger charge is -2.17. The first-order chi connectivity index (χ1) is 9.79. The van der Waals surface area contributed by atoms with Gasteiger partial charge in [-0.2, -0.15) is 4.98 Å². The Hall–Kier alpha value is -1.44. The van der Waals surface area contributed by atoms with Gasteiger partial charge in [-0.3, -0.25) is 4.21 Å². The van der Waals surface area contributed by atoms with E-state index in [0.717, 1.165) is 6.42 Å². The second kappa shape index (κ2) is 8.11. The van der Waals surface area contributed by atoms with Crippen molar-refractivity contribution in [1.29, 1.82) is 0 Å². The van der Waals surface area contributed by atoms with Crippen molar-refractivity contribution in [3.05, 3.63) is 11.7 Å². The third kappa shape index (κ3) is 7.22. The number of hydrogen-bond donors (Lipinski definition) is 2. The average Bonchev–Trinajstić information content (AvgIpc) is 2.79. The molecule has 0 unspecified atom stereocenters. The SMILES string of the molecule is Cc1noc(CCCNC(=O)NCC[S@@](=O)C(C)(C)C)n1. The molecule has 7 nitrogen and oxygen atoms in total. The van der Waals surface area contributed by atoms with Gasteiger partial charge >= 0.3 is 6.03 Å². The van der Waals surface area contributed by atoms with E-state index >= 15 is 0 Å². The molecule has 1 atom stereocenters. The largest absolute Gasteiger partial charge is 0.339 e. The Kier molecular flexibility index (Phi) is 6.80. The number of amides is 2. The molecule has 0 aromatic carbocycles. The standard InChI is InChI=1S/C13H24N4O3S/c1-10-16-11(20-17-10)6-5-7-14-12(18)15-8-9-21(19)13(2,3)4/h5-9H2,1-4H3,(H2,14,15,18)/t21-/m1/s1. The maximum Gasteiger partial charge on any atom is 0.314 e. The summed E-state index contributed by atoms with van der Waals surface area (Å²) in [6, 6.07) is -0.248. The van der Waals surface area contributed by atoms with Gasteiger partial charge in [-0.25, -0.2) is 4.79 Å². The lowest BCUT2D eigenvalue weighted by atomic mass is 10.3. The van der Waals surface area contributed by atoms with Crippen molar-refractivity contribution in [1.82, 2.24) is 20.8 Å². The number of aromatic nitrogens is 2. The second-order valence-electron chi connectivity index (χ2n) is 5.68. The third-order valence-electron chi connectivity index (χ3n) is 2.68. The van der Waals surface area contributed by atoms with Gasteiger partial charge in [0.25, 0.3) is 0 Å². The fraction of sp³-hybridized carbons (Fsp3) is 0.769. The minimum atomic E-state index is -0.954. The Morgan fingerprint density at radius 1 is 1.29 bits per heavy atom. The lowest BCUT2D eigenvalue weighted by Crippen LogP contribution is -2.39. The normalized spacial score (nSPS) is 13.0. The number of carbonyl (C=O) groups is 1. The van der Waals surface area contributed by atoms with E-state index in [9.17, 15) is 9.00 Å². The molecule has 0 saturated carbocycles. The maximum atomic E-state index is 11.8. The molecular weight excluding hydrogens is 292 g/mol. The molecule has 2 N–H and O–H groups in total. The highest BCUT2D eigenvalue weighted by Gasteiger charge is 2.18. The zero-order valence-electron chi connectivity index (χ0n) is 13.1. The molecule has 2 amide bonds.